The average molecular weight is 286 g/mol. The fraction of sp³-hybridized carbons (Fsp3) is 0.429. The highest BCUT2D eigenvalue weighted by Crippen LogP contribution is 2.44. The van der Waals surface area contributed by atoms with Crippen LogP contribution in [0.4, 0.5) is 14.5 Å². The van der Waals surface area contributed by atoms with Gasteiger partial charge in [0.15, 0.2) is 0 Å². The van der Waals surface area contributed by atoms with Crippen LogP contribution in [-0.4, -0.2) is 12.7 Å². The first-order chi connectivity index (χ1) is 9.13. The molecule has 1 aromatic rings. The number of alkyl halides is 2. The fourth-order valence-electron chi connectivity index (χ4n) is 2.88. The van der Waals surface area contributed by atoms with E-state index in [0.717, 1.165) is 18.0 Å². The van der Waals surface area contributed by atoms with E-state index in [4.69, 9.17) is 11.6 Å². The normalized spacial score (nSPS) is 28.1. The van der Waals surface area contributed by atoms with Gasteiger partial charge in [0.25, 0.3) is 0 Å². The zero-order valence-electron chi connectivity index (χ0n) is 10.2. The van der Waals surface area contributed by atoms with E-state index in [1.54, 1.807) is 12.1 Å². The molecule has 0 amide bonds. The molecule has 1 fully saturated rings. The van der Waals surface area contributed by atoms with Crippen LogP contribution in [-0.2, 0) is 0 Å². The monoisotopic (exact) mass is 285 g/mol. The first kappa shape index (κ1) is 12.7. The topological polar surface area (TPSA) is 21.3 Å². The summed E-state index contributed by atoms with van der Waals surface area (Å²) in [5.74, 6) is 1.37. The van der Waals surface area contributed by atoms with Gasteiger partial charge in [-0.2, -0.15) is 8.78 Å². The van der Waals surface area contributed by atoms with E-state index in [2.05, 4.69) is 22.2 Å². The van der Waals surface area contributed by atoms with Gasteiger partial charge in [-0.1, -0.05) is 23.8 Å². The Balaban J connectivity index is 1.65. The van der Waals surface area contributed by atoms with E-state index in [1.165, 1.54) is 12.5 Å². The Morgan fingerprint density at radius 2 is 2.21 bits per heavy atom. The standard InChI is InChI=1S/C14H14ClF2NO/c15-11-7-9(4-5-13(11)19-14(16)17)18-12-6-8-2-1-3-10(8)12/h1,3-5,7-8,10,12,14,18H,2,6H2. The molecule has 5 heteroatoms. The maximum absolute atomic E-state index is 12.1. The Bertz CT molecular complexity index is 506. The molecule has 2 aliphatic carbocycles. The third kappa shape index (κ3) is 2.54. The Kier molecular flexibility index (Phi) is 3.35. The van der Waals surface area contributed by atoms with Crippen LogP contribution in [0.15, 0.2) is 30.4 Å². The second-order valence-corrected chi connectivity index (χ2v) is 5.42. The first-order valence-corrected chi connectivity index (χ1v) is 6.69. The van der Waals surface area contributed by atoms with Crippen LogP contribution in [0.25, 0.3) is 0 Å². The van der Waals surface area contributed by atoms with Crippen molar-refractivity contribution in [2.75, 3.05) is 5.32 Å². The number of anilines is 1. The number of nitrogens with one attached hydrogen (secondary N) is 1. The van der Waals surface area contributed by atoms with Gasteiger partial charge >= 0.3 is 6.61 Å². The molecule has 1 saturated carbocycles. The maximum atomic E-state index is 12.1. The lowest BCUT2D eigenvalue weighted by atomic mass is 9.71. The first-order valence-electron chi connectivity index (χ1n) is 6.31. The summed E-state index contributed by atoms with van der Waals surface area (Å²) in [4.78, 5) is 0. The molecule has 3 unspecified atom stereocenters. The molecule has 0 saturated heterocycles. The van der Waals surface area contributed by atoms with Gasteiger partial charge in [0, 0.05) is 17.6 Å². The lowest BCUT2D eigenvalue weighted by molar-refractivity contribution is -0.0497. The second kappa shape index (κ2) is 5.00. The molecule has 102 valence electrons. The molecule has 2 aliphatic rings. The van der Waals surface area contributed by atoms with Gasteiger partial charge in [-0.15, -0.1) is 0 Å². The van der Waals surface area contributed by atoms with E-state index < -0.39 is 6.61 Å². The van der Waals surface area contributed by atoms with E-state index in [1.807, 2.05) is 0 Å². The molecule has 0 aromatic heterocycles. The SMILES string of the molecule is FC(F)Oc1ccc(NC2CC3CC=CC32)cc1Cl. The number of ether oxygens (including phenoxy) is 1. The molecule has 0 radical (unpaired) electrons. The number of allylic oxidation sites excluding steroid dienone is 1. The summed E-state index contributed by atoms with van der Waals surface area (Å²) in [6.45, 7) is -2.85. The van der Waals surface area contributed by atoms with E-state index >= 15 is 0 Å². The third-order valence-corrected chi connectivity index (χ3v) is 4.16. The van der Waals surface area contributed by atoms with Crippen LogP contribution in [0, 0.1) is 11.8 Å². The van der Waals surface area contributed by atoms with Gasteiger partial charge in [-0.25, -0.2) is 0 Å². The molecule has 1 N–H and O–H groups in total. The predicted molar refractivity (Wildman–Crippen MR) is 70.8 cm³/mol. The van der Waals surface area contributed by atoms with Crippen LogP contribution in [0.2, 0.25) is 5.02 Å². The maximum Gasteiger partial charge on any atom is 0.387 e. The summed E-state index contributed by atoms with van der Waals surface area (Å²) in [7, 11) is 0. The van der Waals surface area contributed by atoms with Crippen LogP contribution in [0.3, 0.4) is 0 Å². The molecule has 0 bridgehead atoms. The van der Waals surface area contributed by atoms with Gasteiger partial charge in [0.1, 0.15) is 5.75 Å². The number of hydrogen-bond acceptors (Lipinski definition) is 2. The molecule has 1 aromatic carbocycles. The van der Waals surface area contributed by atoms with Crippen molar-refractivity contribution < 1.29 is 13.5 Å². The Labute approximate surface area is 115 Å². The average Bonchev–Trinajstić information content (AvgIpc) is 2.70. The fourth-order valence-corrected chi connectivity index (χ4v) is 3.10. The summed E-state index contributed by atoms with van der Waals surface area (Å²) >= 11 is 5.92. The molecule has 0 aliphatic heterocycles. The van der Waals surface area contributed by atoms with Crippen molar-refractivity contribution in [1.82, 2.24) is 0 Å². The van der Waals surface area contributed by atoms with E-state index in [9.17, 15) is 8.78 Å². The highest BCUT2D eigenvalue weighted by molar-refractivity contribution is 6.32. The quantitative estimate of drug-likeness (QED) is 0.832. The zero-order chi connectivity index (χ0) is 13.4. The molecule has 3 rings (SSSR count). The van der Waals surface area contributed by atoms with Crippen molar-refractivity contribution in [2.45, 2.75) is 25.5 Å². The smallest absolute Gasteiger partial charge is 0.387 e. The second-order valence-electron chi connectivity index (χ2n) is 5.01. The minimum absolute atomic E-state index is 0.00876. The van der Waals surface area contributed by atoms with Gasteiger partial charge in [0.2, 0.25) is 0 Å². The summed E-state index contributed by atoms with van der Waals surface area (Å²) in [6.07, 6.45) is 6.79. The van der Waals surface area contributed by atoms with Crippen molar-refractivity contribution in [1.29, 1.82) is 0 Å². The van der Waals surface area contributed by atoms with Gasteiger partial charge in [0.05, 0.1) is 5.02 Å². The molecule has 0 spiro atoms. The van der Waals surface area contributed by atoms with E-state index in [-0.39, 0.29) is 10.8 Å². The number of hydrogen-bond donors (Lipinski definition) is 1. The van der Waals surface area contributed by atoms with Gasteiger partial charge < -0.3 is 10.1 Å². The van der Waals surface area contributed by atoms with Gasteiger partial charge in [-0.3, -0.25) is 0 Å². The van der Waals surface area contributed by atoms with Gasteiger partial charge in [-0.05, 0) is 37.0 Å². The van der Waals surface area contributed by atoms with Crippen LogP contribution < -0.4 is 10.1 Å². The van der Waals surface area contributed by atoms with Crippen molar-refractivity contribution in [3.8, 4) is 5.75 Å². The van der Waals surface area contributed by atoms with Crippen molar-refractivity contribution in [3.05, 3.63) is 35.4 Å². The summed E-state index contributed by atoms with van der Waals surface area (Å²) in [5, 5.41) is 3.59. The van der Waals surface area contributed by atoms with Crippen molar-refractivity contribution in [2.24, 2.45) is 11.8 Å². The number of rotatable bonds is 4. The molecular formula is C14H14ClF2NO. The molecular weight excluding hydrogens is 272 g/mol. The summed E-state index contributed by atoms with van der Waals surface area (Å²) < 4.78 is 28.5. The van der Waals surface area contributed by atoms with Crippen LogP contribution in [0.1, 0.15) is 12.8 Å². The molecule has 3 atom stereocenters. The highest BCUT2D eigenvalue weighted by Gasteiger charge is 2.40. The number of benzene rings is 1. The van der Waals surface area contributed by atoms with Crippen LogP contribution >= 0.6 is 11.6 Å². The predicted octanol–water partition coefficient (Wildman–Crippen LogP) is 4.32. The summed E-state index contributed by atoms with van der Waals surface area (Å²) in [6, 6.07) is 5.24. The highest BCUT2D eigenvalue weighted by atomic mass is 35.5. The Morgan fingerprint density at radius 3 is 2.89 bits per heavy atom. The molecule has 2 nitrogen and oxygen atoms in total. The largest absolute Gasteiger partial charge is 0.433 e. The van der Waals surface area contributed by atoms with Crippen LogP contribution in [0.5, 0.6) is 5.75 Å². The Morgan fingerprint density at radius 1 is 1.37 bits per heavy atom. The Hall–Kier alpha value is -1.29. The molecule has 19 heavy (non-hydrogen) atoms. The zero-order valence-corrected chi connectivity index (χ0v) is 10.9. The summed E-state index contributed by atoms with van der Waals surface area (Å²) in [5.41, 5.74) is 0.843. The lowest BCUT2D eigenvalue weighted by Crippen LogP contribution is -2.43. The van der Waals surface area contributed by atoms with E-state index in [0.29, 0.717) is 12.0 Å². The number of halogens is 3. The lowest BCUT2D eigenvalue weighted by Gasteiger charge is -2.41. The number of fused-ring (bicyclic) bond motifs is 1. The van der Waals surface area contributed by atoms with Crippen molar-refractivity contribution >= 4 is 17.3 Å². The molecule has 0 heterocycles. The minimum atomic E-state index is -2.85. The minimum Gasteiger partial charge on any atom is -0.433 e. The third-order valence-electron chi connectivity index (χ3n) is 3.86. The van der Waals surface area contributed by atoms with Crippen molar-refractivity contribution in [3.63, 3.8) is 0 Å².